The second kappa shape index (κ2) is 5.22. The summed E-state index contributed by atoms with van der Waals surface area (Å²) in [5.41, 5.74) is 2.27. The van der Waals surface area contributed by atoms with Gasteiger partial charge in [0, 0.05) is 22.3 Å². The van der Waals surface area contributed by atoms with Crippen LogP contribution in [0.4, 0.5) is 4.39 Å². The highest BCUT2D eigenvalue weighted by molar-refractivity contribution is 6.31. The molecule has 1 N–H and O–H groups in total. The van der Waals surface area contributed by atoms with Crippen LogP contribution in [0.1, 0.15) is 5.56 Å². The molecule has 5 heteroatoms. The molecule has 1 aromatic heterocycles. The zero-order valence-electron chi connectivity index (χ0n) is 10.9. The standard InChI is InChI=1S/C16H11ClFNO2/c17-11-1-6-15-14(8-11)10(7-16(20)21)9-19(15)13-4-2-12(18)3-5-13/h1-6,8-9H,7H2,(H,20,21). The van der Waals surface area contributed by atoms with Crippen molar-refractivity contribution in [3.8, 4) is 5.69 Å². The van der Waals surface area contributed by atoms with Crippen molar-refractivity contribution in [2.45, 2.75) is 6.42 Å². The van der Waals surface area contributed by atoms with Gasteiger partial charge in [-0.25, -0.2) is 4.39 Å². The summed E-state index contributed by atoms with van der Waals surface area (Å²) in [5, 5.41) is 10.4. The molecule has 0 radical (unpaired) electrons. The molecule has 0 saturated carbocycles. The lowest BCUT2D eigenvalue weighted by Gasteiger charge is -2.05. The molecule has 3 aromatic rings. The monoisotopic (exact) mass is 303 g/mol. The van der Waals surface area contributed by atoms with Crippen molar-refractivity contribution in [3.63, 3.8) is 0 Å². The molecule has 0 atom stereocenters. The molecule has 0 spiro atoms. The van der Waals surface area contributed by atoms with Crippen LogP contribution >= 0.6 is 11.6 Å². The Bertz CT molecular complexity index is 824. The van der Waals surface area contributed by atoms with Gasteiger partial charge in [0.05, 0.1) is 11.9 Å². The normalized spacial score (nSPS) is 11.0. The fourth-order valence-corrected chi connectivity index (χ4v) is 2.56. The SMILES string of the molecule is O=C(O)Cc1cn(-c2ccc(F)cc2)c2ccc(Cl)cc12. The summed E-state index contributed by atoms with van der Waals surface area (Å²) in [5.74, 6) is -1.22. The van der Waals surface area contributed by atoms with Crippen molar-refractivity contribution in [1.82, 2.24) is 4.57 Å². The van der Waals surface area contributed by atoms with Crippen LogP contribution in [-0.4, -0.2) is 15.6 Å². The number of fused-ring (bicyclic) bond motifs is 1. The Kier molecular flexibility index (Phi) is 3.39. The van der Waals surface area contributed by atoms with E-state index in [0.717, 1.165) is 16.6 Å². The summed E-state index contributed by atoms with van der Waals surface area (Å²) >= 11 is 6.00. The minimum atomic E-state index is -0.909. The summed E-state index contributed by atoms with van der Waals surface area (Å²) in [7, 11) is 0. The molecular formula is C16H11ClFNO2. The first-order valence-corrected chi connectivity index (χ1v) is 6.69. The molecular weight excluding hydrogens is 293 g/mol. The molecule has 0 bridgehead atoms. The van der Waals surface area contributed by atoms with Crippen molar-refractivity contribution < 1.29 is 14.3 Å². The highest BCUT2D eigenvalue weighted by Gasteiger charge is 2.13. The van der Waals surface area contributed by atoms with Gasteiger partial charge in [-0.3, -0.25) is 4.79 Å². The van der Waals surface area contributed by atoms with Crippen LogP contribution in [0.15, 0.2) is 48.7 Å². The van der Waals surface area contributed by atoms with Gasteiger partial charge in [-0.05, 0) is 48.0 Å². The van der Waals surface area contributed by atoms with E-state index in [9.17, 15) is 9.18 Å². The maximum Gasteiger partial charge on any atom is 0.307 e. The third-order valence-electron chi connectivity index (χ3n) is 3.30. The van der Waals surface area contributed by atoms with E-state index in [2.05, 4.69) is 0 Å². The first-order valence-electron chi connectivity index (χ1n) is 6.32. The van der Waals surface area contributed by atoms with Gasteiger partial charge < -0.3 is 9.67 Å². The second-order valence-electron chi connectivity index (χ2n) is 4.73. The van der Waals surface area contributed by atoms with Crippen molar-refractivity contribution in [1.29, 1.82) is 0 Å². The van der Waals surface area contributed by atoms with Gasteiger partial charge in [-0.2, -0.15) is 0 Å². The highest BCUT2D eigenvalue weighted by Crippen LogP contribution is 2.28. The number of rotatable bonds is 3. The van der Waals surface area contributed by atoms with Crippen molar-refractivity contribution in [2.75, 3.05) is 0 Å². The average molecular weight is 304 g/mol. The summed E-state index contributed by atoms with van der Waals surface area (Å²) in [6.45, 7) is 0. The van der Waals surface area contributed by atoms with Crippen molar-refractivity contribution in [2.24, 2.45) is 0 Å². The number of carboxylic acid groups (broad SMARTS) is 1. The fraction of sp³-hybridized carbons (Fsp3) is 0.0625. The Labute approximate surface area is 125 Å². The molecule has 3 nitrogen and oxygen atoms in total. The molecule has 0 saturated heterocycles. The Hall–Kier alpha value is -2.33. The Morgan fingerprint density at radius 2 is 1.90 bits per heavy atom. The number of nitrogens with zero attached hydrogens (tertiary/aromatic N) is 1. The van der Waals surface area contributed by atoms with Crippen LogP contribution in [0, 0.1) is 5.82 Å². The minimum Gasteiger partial charge on any atom is -0.481 e. The molecule has 0 aliphatic rings. The molecule has 106 valence electrons. The smallest absolute Gasteiger partial charge is 0.307 e. The number of hydrogen-bond donors (Lipinski definition) is 1. The lowest BCUT2D eigenvalue weighted by molar-refractivity contribution is -0.136. The van der Waals surface area contributed by atoms with Gasteiger partial charge in [0.1, 0.15) is 5.82 Å². The third kappa shape index (κ3) is 2.62. The Balaban J connectivity index is 2.23. The van der Waals surface area contributed by atoms with Crippen molar-refractivity contribution >= 4 is 28.5 Å². The number of carboxylic acids is 1. The zero-order chi connectivity index (χ0) is 15.0. The predicted octanol–water partition coefficient (Wildman–Crippen LogP) is 4.05. The van der Waals surface area contributed by atoms with Gasteiger partial charge in [0.25, 0.3) is 0 Å². The maximum atomic E-state index is 13.0. The topological polar surface area (TPSA) is 42.2 Å². The first-order chi connectivity index (χ1) is 10.0. The van der Waals surface area contributed by atoms with Gasteiger partial charge >= 0.3 is 5.97 Å². The number of hydrogen-bond acceptors (Lipinski definition) is 1. The zero-order valence-corrected chi connectivity index (χ0v) is 11.6. The maximum absolute atomic E-state index is 13.0. The number of benzene rings is 2. The minimum absolute atomic E-state index is 0.0922. The van der Waals surface area contributed by atoms with Gasteiger partial charge in [-0.1, -0.05) is 11.6 Å². The van der Waals surface area contributed by atoms with Crippen LogP contribution in [-0.2, 0) is 11.2 Å². The van der Waals surface area contributed by atoms with Gasteiger partial charge in [-0.15, -0.1) is 0 Å². The van der Waals surface area contributed by atoms with Gasteiger partial charge in [0.15, 0.2) is 0 Å². The molecule has 0 aliphatic carbocycles. The van der Waals surface area contributed by atoms with Crippen LogP contribution in [0.25, 0.3) is 16.6 Å². The lowest BCUT2D eigenvalue weighted by atomic mass is 10.1. The van der Waals surface area contributed by atoms with E-state index in [1.807, 2.05) is 10.6 Å². The third-order valence-corrected chi connectivity index (χ3v) is 3.53. The summed E-state index contributed by atoms with van der Waals surface area (Å²) in [6, 6.07) is 11.3. The van der Waals surface area contributed by atoms with E-state index in [4.69, 9.17) is 16.7 Å². The molecule has 0 amide bonds. The molecule has 0 aliphatic heterocycles. The highest BCUT2D eigenvalue weighted by atomic mass is 35.5. The van der Waals surface area contributed by atoms with E-state index in [0.29, 0.717) is 10.6 Å². The molecule has 3 rings (SSSR count). The van der Waals surface area contributed by atoms with E-state index >= 15 is 0 Å². The first kappa shape index (κ1) is 13.6. The van der Waals surface area contributed by atoms with Gasteiger partial charge in [0.2, 0.25) is 0 Å². The largest absolute Gasteiger partial charge is 0.481 e. The van der Waals surface area contributed by atoms with Crippen LogP contribution in [0.2, 0.25) is 5.02 Å². The predicted molar refractivity (Wildman–Crippen MR) is 79.6 cm³/mol. The van der Waals surface area contributed by atoms with Crippen LogP contribution in [0.3, 0.4) is 0 Å². The fourth-order valence-electron chi connectivity index (χ4n) is 2.39. The van der Waals surface area contributed by atoms with E-state index in [1.165, 1.54) is 12.1 Å². The number of aromatic nitrogens is 1. The molecule has 21 heavy (non-hydrogen) atoms. The summed E-state index contributed by atoms with van der Waals surface area (Å²) < 4.78 is 14.9. The van der Waals surface area contributed by atoms with E-state index in [-0.39, 0.29) is 12.2 Å². The van der Waals surface area contributed by atoms with Crippen LogP contribution in [0.5, 0.6) is 0 Å². The Morgan fingerprint density at radius 3 is 2.57 bits per heavy atom. The Morgan fingerprint density at radius 1 is 1.19 bits per heavy atom. The molecule has 0 fully saturated rings. The molecule has 2 aromatic carbocycles. The molecule has 0 unspecified atom stereocenters. The summed E-state index contributed by atoms with van der Waals surface area (Å²) in [4.78, 5) is 11.0. The lowest BCUT2D eigenvalue weighted by Crippen LogP contribution is -1.99. The second-order valence-corrected chi connectivity index (χ2v) is 5.17. The number of halogens is 2. The molecule has 1 heterocycles. The quantitative estimate of drug-likeness (QED) is 0.793. The van der Waals surface area contributed by atoms with Crippen molar-refractivity contribution in [3.05, 3.63) is 65.1 Å². The number of carbonyl (C=O) groups is 1. The average Bonchev–Trinajstić information content (AvgIpc) is 2.77. The van der Waals surface area contributed by atoms with E-state index < -0.39 is 5.97 Å². The van der Waals surface area contributed by atoms with E-state index in [1.54, 1.807) is 30.5 Å². The van der Waals surface area contributed by atoms with Crippen LogP contribution < -0.4 is 0 Å². The summed E-state index contributed by atoms with van der Waals surface area (Å²) in [6.07, 6.45) is 1.66. The number of aliphatic carboxylic acids is 1.